The summed E-state index contributed by atoms with van der Waals surface area (Å²) in [6.07, 6.45) is 2.88. The van der Waals surface area contributed by atoms with Crippen LogP contribution in [0.2, 0.25) is 10.0 Å². The van der Waals surface area contributed by atoms with Gasteiger partial charge >= 0.3 is 0 Å². The number of thioether (sulfide) groups is 1. The van der Waals surface area contributed by atoms with Crippen molar-refractivity contribution < 1.29 is 9.53 Å². The first-order valence-corrected chi connectivity index (χ1v) is 13.9. The maximum Gasteiger partial charge on any atom is 0.260 e. The largest absolute Gasteiger partial charge is 0.487 e. The molecular formula is C25H20BrCl2IN2O2S. The van der Waals surface area contributed by atoms with E-state index in [2.05, 4.69) is 68.2 Å². The minimum Gasteiger partial charge on any atom is -0.487 e. The van der Waals surface area contributed by atoms with E-state index in [0.29, 0.717) is 21.6 Å². The molecular weight excluding hydrogens is 670 g/mol. The zero-order chi connectivity index (χ0) is 24.2. The Labute approximate surface area is 235 Å². The molecule has 0 bridgehead atoms. The summed E-state index contributed by atoms with van der Waals surface area (Å²) in [5.74, 6) is 0.631. The molecule has 0 spiro atoms. The van der Waals surface area contributed by atoms with Crippen LogP contribution in [-0.4, -0.2) is 11.4 Å². The topological polar surface area (TPSA) is 50.4 Å². The summed E-state index contributed by atoms with van der Waals surface area (Å²) < 4.78 is 7.75. The van der Waals surface area contributed by atoms with Gasteiger partial charge in [0.05, 0.1) is 23.0 Å². The summed E-state index contributed by atoms with van der Waals surface area (Å²) in [6, 6.07) is 17.6. The molecule has 4 rings (SSSR count). The lowest BCUT2D eigenvalue weighted by molar-refractivity contribution is -0.116. The lowest BCUT2D eigenvalue weighted by Gasteiger charge is -2.13. The van der Waals surface area contributed by atoms with Crippen LogP contribution in [0.3, 0.4) is 0 Å². The van der Waals surface area contributed by atoms with Gasteiger partial charge in [0.1, 0.15) is 12.4 Å². The summed E-state index contributed by atoms with van der Waals surface area (Å²) >= 11 is 19.4. The van der Waals surface area contributed by atoms with Gasteiger partial charge in [0, 0.05) is 5.69 Å². The summed E-state index contributed by atoms with van der Waals surface area (Å²) in [5, 5.41) is 7.34. The number of rotatable bonds is 7. The number of hydrogen-bond acceptors (Lipinski definition) is 4. The van der Waals surface area contributed by atoms with Gasteiger partial charge in [-0.3, -0.25) is 4.79 Å². The van der Waals surface area contributed by atoms with E-state index < -0.39 is 0 Å². The van der Waals surface area contributed by atoms with Gasteiger partial charge in [0.2, 0.25) is 0 Å². The minimum absolute atomic E-state index is 0.0984. The van der Waals surface area contributed by atoms with Crippen molar-refractivity contribution in [1.29, 1.82) is 0 Å². The number of nitrogens with one attached hydrogen (secondary N) is 2. The molecule has 1 heterocycles. The molecule has 1 aliphatic heterocycles. The Hall–Kier alpha value is -1.39. The Morgan fingerprint density at radius 1 is 1.12 bits per heavy atom. The SMILES string of the molecule is CCc1ccc(N[C@@H]2NC(=O)/C(=C/c3cc(Br)c(OCc4ccc(Cl)c(Cl)c4)c(I)c3)S2)cc1. The van der Waals surface area contributed by atoms with E-state index in [1.54, 1.807) is 12.1 Å². The van der Waals surface area contributed by atoms with Gasteiger partial charge in [0.15, 0.2) is 5.50 Å². The lowest BCUT2D eigenvalue weighted by Crippen LogP contribution is -2.30. The lowest BCUT2D eigenvalue weighted by atomic mass is 10.1. The number of hydrogen-bond donors (Lipinski definition) is 2. The minimum atomic E-state index is -0.220. The van der Waals surface area contributed by atoms with Crippen LogP contribution in [0.15, 0.2) is 64.0 Å². The third-order valence-electron chi connectivity index (χ3n) is 5.08. The van der Waals surface area contributed by atoms with Crippen LogP contribution >= 0.6 is 73.5 Å². The fourth-order valence-electron chi connectivity index (χ4n) is 3.29. The maximum atomic E-state index is 12.5. The molecule has 0 aromatic heterocycles. The number of anilines is 1. The van der Waals surface area contributed by atoms with Crippen LogP contribution in [0.4, 0.5) is 5.69 Å². The quantitative estimate of drug-likeness (QED) is 0.195. The van der Waals surface area contributed by atoms with Gasteiger partial charge in [-0.15, -0.1) is 0 Å². The standard InChI is InChI=1S/C25H20BrCl2IN2O2S/c1-2-14-3-6-17(7-4-14)30-25-31-24(32)22(34-25)12-16-9-18(26)23(21(29)11-16)33-13-15-5-8-19(27)20(28)10-15/h3-12,25,30H,2,13H2,1H3,(H,31,32)/b22-12-/t25-/m1/s1. The van der Waals surface area contributed by atoms with E-state index in [1.165, 1.54) is 17.3 Å². The third-order valence-corrected chi connectivity index (χ3v) is 8.23. The van der Waals surface area contributed by atoms with Crippen molar-refractivity contribution in [3.63, 3.8) is 0 Å². The first-order valence-electron chi connectivity index (χ1n) is 10.4. The molecule has 9 heteroatoms. The molecule has 0 radical (unpaired) electrons. The fourth-order valence-corrected chi connectivity index (χ4v) is 6.36. The number of carbonyl (C=O) groups excluding carboxylic acids is 1. The highest BCUT2D eigenvalue weighted by molar-refractivity contribution is 14.1. The molecule has 3 aromatic rings. The highest BCUT2D eigenvalue weighted by Crippen LogP contribution is 2.36. The average molecular weight is 690 g/mol. The molecule has 1 aliphatic rings. The summed E-state index contributed by atoms with van der Waals surface area (Å²) in [7, 11) is 0. The van der Waals surface area contributed by atoms with Crippen LogP contribution in [0.5, 0.6) is 5.75 Å². The number of halogens is 4. The van der Waals surface area contributed by atoms with Crippen molar-refractivity contribution in [2.45, 2.75) is 25.4 Å². The summed E-state index contributed by atoms with van der Waals surface area (Å²) in [5.41, 5.74) is 3.85. The molecule has 1 saturated heterocycles. The van der Waals surface area contributed by atoms with Crippen LogP contribution < -0.4 is 15.4 Å². The third kappa shape index (κ3) is 6.43. The Bertz CT molecular complexity index is 1230. The Morgan fingerprint density at radius 2 is 1.85 bits per heavy atom. The predicted molar refractivity (Wildman–Crippen MR) is 155 cm³/mol. The fraction of sp³-hybridized carbons (Fsp3) is 0.160. The van der Waals surface area contributed by atoms with E-state index in [-0.39, 0.29) is 11.4 Å². The molecule has 1 fully saturated rings. The molecule has 0 aliphatic carbocycles. The molecule has 0 saturated carbocycles. The highest BCUT2D eigenvalue weighted by atomic mass is 127. The molecule has 4 nitrogen and oxygen atoms in total. The molecule has 0 unspecified atom stereocenters. The Kier molecular flexibility index (Phi) is 8.74. The smallest absolute Gasteiger partial charge is 0.260 e. The van der Waals surface area contributed by atoms with Crippen molar-refractivity contribution in [3.8, 4) is 5.75 Å². The number of amides is 1. The normalized spacial score (nSPS) is 16.6. The average Bonchev–Trinajstić information content (AvgIpc) is 3.14. The number of benzene rings is 3. The molecule has 3 aromatic carbocycles. The van der Waals surface area contributed by atoms with Gasteiger partial charge in [-0.05, 0) is 104 Å². The zero-order valence-corrected chi connectivity index (χ0v) is 24.1. The van der Waals surface area contributed by atoms with E-state index in [0.717, 1.165) is 37.0 Å². The predicted octanol–water partition coefficient (Wildman–Crippen LogP) is 8.10. The van der Waals surface area contributed by atoms with Gasteiger partial charge in [-0.2, -0.15) is 0 Å². The molecule has 34 heavy (non-hydrogen) atoms. The maximum absolute atomic E-state index is 12.5. The van der Waals surface area contributed by atoms with Crippen LogP contribution in [0.25, 0.3) is 6.08 Å². The van der Waals surface area contributed by atoms with E-state index in [1.807, 2.05) is 36.4 Å². The van der Waals surface area contributed by atoms with E-state index in [4.69, 9.17) is 27.9 Å². The van der Waals surface area contributed by atoms with Crippen molar-refractivity contribution >= 4 is 91.2 Å². The van der Waals surface area contributed by atoms with Crippen molar-refractivity contribution in [1.82, 2.24) is 5.32 Å². The number of ether oxygens (including phenoxy) is 1. The second kappa shape index (κ2) is 11.6. The summed E-state index contributed by atoms with van der Waals surface area (Å²) in [6.45, 7) is 2.48. The second-order valence-electron chi connectivity index (χ2n) is 7.53. The second-order valence-corrected chi connectivity index (χ2v) is 11.5. The summed E-state index contributed by atoms with van der Waals surface area (Å²) in [4.78, 5) is 13.2. The first-order chi connectivity index (χ1) is 16.3. The van der Waals surface area contributed by atoms with E-state index >= 15 is 0 Å². The first kappa shape index (κ1) is 25.7. The van der Waals surface area contributed by atoms with Crippen molar-refractivity contribution in [2.24, 2.45) is 0 Å². The van der Waals surface area contributed by atoms with Gasteiger partial charge in [0.25, 0.3) is 5.91 Å². The number of carbonyl (C=O) groups is 1. The Morgan fingerprint density at radius 3 is 2.53 bits per heavy atom. The Balaban J connectivity index is 1.43. The van der Waals surface area contributed by atoms with Gasteiger partial charge < -0.3 is 15.4 Å². The zero-order valence-electron chi connectivity index (χ0n) is 18.0. The van der Waals surface area contributed by atoms with E-state index in [9.17, 15) is 4.79 Å². The van der Waals surface area contributed by atoms with Crippen LogP contribution in [0, 0.1) is 3.57 Å². The highest BCUT2D eigenvalue weighted by Gasteiger charge is 2.27. The van der Waals surface area contributed by atoms with Gasteiger partial charge in [-0.25, -0.2) is 0 Å². The number of aryl methyl sites for hydroxylation is 1. The molecule has 1 atom stereocenters. The van der Waals surface area contributed by atoms with Gasteiger partial charge in [-0.1, -0.05) is 60.1 Å². The molecule has 176 valence electrons. The van der Waals surface area contributed by atoms with Crippen molar-refractivity contribution in [2.75, 3.05) is 5.32 Å². The monoisotopic (exact) mass is 688 g/mol. The van der Waals surface area contributed by atoms with Crippen LogP contribution in [-0.2, 0) is 17.8 Å². The molecule has 2 N–H and O–H groups in total. The molecule has 1 amide bonds. The van der Waals surface area contributed by atoms with Crippen molar-refractivity contribution in [3.05, 3.63) is 94.3 Å². The van der Waals surface area contributed by atoms with Crippen LogP contribution in [0.1, 0.15) is 23.6 Å².